The number of nitriles is 1. The molecule has 0 aromatic heterocycles. The topological polar surface area (TPSA) is 27.0 Å². The number of anilines is 1. The van der Waals surface area contributed by atoms with Crippen molar-refractivity contribution >= 4 is 21.6 Å². The van der Waals surface area contributed by atoms with E-state index in [9.17, 15) is 4.39 Å². The normalized spacial score (nSPS) is 10.0. The molecule has 0 heterocycles. The van der Waals surface area contributed by atoms with Crippen molar-refractivity contribution in [2.24, 2.45) is 0 Å². The van der Waals surface area contributed by atoms with Gasteiger partial charge in [0.2, 0.25) is 0 Å². The molecular formula is C15H12BrFN2. The number of halogens is 2. The molecule has 0 unspecified atom stereocenters. The number of benzene rings is 2. The Balaban J connectivity index is 2.20. The molecule has 0 saturated heterocycles. The van der Waals surface area contributed by atoms with Crippen LogP contribution in [0.2, 0.25) is 0 Å². The molecule has 0 N–H and O–H groups in total. The number of nitrogens with zero attached hydrogens (tertiary/aromatic N) is 2. The maximum Gasteiger partial charge on any atom is 0.129 e. The first-order valence-electron chi connectivity index (χ1n) is 5.75. The van der Waals surface area contributed by atoms with Crippen molar-refractivity contribution in [1.29, 1.82) is 5.26 Å². The van der Waals surface area contributed by atoms with Crippen molar-refractivity contribution in [3.05, 3.63) is 63.9 Å². The Morgan fingerprint density at radius 3 is 2.74 bits per heavy atom. The third-order valence-corrected chi connectivity index (χ3v) is 3.33. The summed E-state index contributed by atoms with van der Waals surface area (Å²) in [6.45, 7) is 0.452. The van der Waals surface area contributed by atoms with Crippen LogP contribution in [0.4, 0.5) is 10.1 Å². The van der Waals surface area contributed by atoms with Gasteiger partial charge in [-0.3, -0.25) is 0 Å². The third-order valence-electron chi connectivity index (χ3n) is 2.84. The molecule has 19 heavy (non-hydrogen) atoms. The molecule has 0 saturated carbocycles. The first-order chi connectivity index (χ1) is 9.10. The van der Waals surface area contributed by atoms with Crippen LogP contribution < -0.4 is 4.90 Å². The van der Waals surface area contributed by atoms with Crippen molar-refractivity contribution in [2.45, 2.75) is 6.54 Å². The highest BCUT2D eigenvalue weighted by molar-refractivity contribution is 9.10. The second kappa shape index (κ2) is 5.85. The molecule has 4 heteroatoms. The minimum Gasteiger partial charge on any atom is -0.370 e. The van der Waals surface area contributed by atoms with Crippen LogP contribution in [-0.2, 0) is 6.54 Å². The van der Waals surface area contributed by atoms with E-state index in [1.54, 1.807) is 18.2 Å². The van der Waals surface area contributed by atoms with E-state index < -0.39 is 0 Å². The summed E-state index contributed by atoms with van der Waals surface area (Å²) in [6.07, 6.45) is 0. The third kappa shape index (κ3) is 3.33. The van der Waals surface area contributed by atoms with Gasteiger partial charge in [-0.15, -0.1) is 0 Å². The van der Waals surface area contributed by atoms with Gasteiger partial charge in [-0.25, -0.2) is 4.39 Å². The Bertz CT molecular complexity index is 634. The first kappa shape index (κ1) is 13.6. The standard InChI is InChI=1S/C15H12BrFN2/c1-19(14-4-2-3-11(7-14)9-18)10-12-5-6-13(16)8-15(12)17/h2-8H,10H2,1H3. The largest absolute Gasteiger partial charge is 0.370 e. The maximum absolute atomic E-state index is 13.8. The fourth-order valence-corrected chi connectivity index (χ4v) is 2.14. The van der Waals surface area contributed by atoms with E-state index in [0.29, 0.717) is 17.7 Å². The summed E-state index contributed by atoms with van der Waals surface area (Å²) in [5.74, 6) is -0.238. The molecule has 0 spiro atoms. The molecule has 2 aromatic rings. The highest BCUT2D eigenvalue weighted by Gasteiger charge is 2.07. The smallest absolute Gasteiger partial charge is 0.129 e. The van der Waals surface area contributed by atoms with Crippen molar-refractivity contribution in [3.63, 3.8) is 0 Å². The lowest BCUT2D eigenvalue weighted by Crippen LogP contribution is -2.17. The quantitative estimate of drug-likeness (QED) is 0.852. The zero-order valence-corrected chi connectivity index (χ0v) is 12.0. The Labute approximate surface area is 120 Å². The minimum atomic E-state index is -0.238. The monoisotopic (exact) mass is 318 g/mol. The second-order valence-electron chi connectivity index (χ2n) is 4.25. The average molecular weight is 319 g/mol. The van der Waals surface area contributed by atoms with Crippen molar-refractivity contribution < 1.29 is 4.39 Å². The SMILES string of the molecule is CN(Cc1ccc(Br)cc1F)c1cccc(C#N)c1. The van der Waals surface area contributed by atoms with Crippen molar-refractivity contribution in [1.82, 2.24) is 0 Å². The van der Waals surface area contributed by atoms with E-state index in [1.807, 2.05) is 30.1 Å². The predicted octanol–water partition coefficient (Wildman–Crippen LogP) is 4.10. The summed E-state index contributed by atoms with van der Waals surface area (Å²) in [6, 6.07) is 14.4. The van der Waals surface area contributed by atoms with E-state index in [2.05, 4.69) is 22.0 Å². The summed E-state index contributed by atoms with van der Waals surface area (Å²) in [4.78, 5) is 1.91. The van der Waals surface area contributed by atoms with Crippen LogP contribution >= 0.6 is 15.9 Å². The summed E-state index contributed by atoms with van der Waals surface area (Å²) >= 11 is 3.24. The van der Waals surface area contributed by atoms with Crippen LogP contribution in [0.3, 0.4) is 0 Å². The Hall–Kier alpha value is -1.86. The highest BCUT2D eigenvalue weighted by atomic mass is 79.9. The van der Waals surface area contributed by atoms with Crippen molar-refractivity contribution in [3.8, 4) is 6.07 Å². The van der Waals surface area contributed by atoms with Gasteiger partial charge in [0.25, 0.3) is 0 Å². The first-order valence-corrected chi connectivity index (χ1v) is 6.54. The maximum atomic E-state index is 13.8. The number of hydrogen-bond donors (Lipinski definition) is 0. The van der Waals surface area contributed by atoms with Gasteiger partial charge in [0.05, 0.1) is 11.6 Å². The van der Waals surface area contributed by atoms with Gasteiger partial charge in [0.15, 0.2) is 0 Å². The van der Waals surface area contributed by atoms with Crippen LogP contribution in [0.5, 0.6) is 0 Å². The van der Waals surface area contributed by atoms with Crippen LogP contribution in [0, 0.1) is 17.1 Å². The molecule has 2 nitrogen and oxygen atoms in total. The summed E-state index contributed by atoms with van der Waals surface area (Å²) in [7, 11) is 1.87. The minimum absolute atomic E-state index is 0.238. The molecule has 0 bridgehead atoms. The second-order valence-corrected chi connectivity index (χ2v) is 5.17. The van der Waals surface area contributed by atoms with Crippen LogP contribution in [0.1, 0.15) is 11.1 Å². The van der Waals surface area contributed by atoms with Gasteiger partial charge in [-0.05, 0) is 30.3 Å². The van der Waals surface area contributed by atoms with Gasteiger partial charge in [-0.2, -0.15) is 5.26 Å². The zero-order chi connectivity index (χ0) is 13.8. The molecule has 2 aromatic carbocycles. The van der Waals surface area contributed by atoms with E-state index >= 15 is 0 Å². The van der Waals surface area contributed by atoms with Crippen LogP contribution in [0.25, 0.3) is 0 Å². The number of rotatable bonds is 3. The highest BCUT2D eigenvalue weighted by Crippen LogP contribution is 2.20. The Kier molecular flexibility index (Phi) is 4.18. The summed E-state index contributed by atoms with van der Waals surface area (Å²) in [5.41, 5.74) is 2.11. The van der Waals surface area contributed by atoms with Gasteiger partial charge < -0.3 is 4.90 Å². The molecule has 0 aliphatic heterocycles. The molecule has 0 amide bonds. The Morgan fingerprint density at radius 2 is 2.05 bits per heavy atom. The lowest BCUT2D eigenvalue weighted by Gasteiger charge is -2.20. The predicted molar refractivity (Wildman–Crippen MR) is 77.4 cm³/mol. The average Bonchev–Trinajstić information content (AvgIpc) is 2.42. The summed E-state index contributed by atoms with van der Waals surface area (Å²) in [5, 5.41) is 8.87. The molecule has 0 aliphatic rings. The molecule has 0 aliphatic carbocycles. The molecule has 0 fully saturated rings. The fraction of sp³-hybridized carbons (Fsp3) is 0.133. The van der Waals surface area contributed by atoms with E-state index in [0.717, 1.165) is 10.2 Å². The van der Waals surface area contributed by atoms with Gasteiger partial charge >= 0.3 is 0 Å². The molecule has 2 rings (SSSR count). The molecule has 96 valence electrons. The van der Waals surface area contributed by atoms with Gasteiger partial charge in [0, 0.05) is 29.3 Å². The van der Waals surface area contributed by atoms with Crippen LogP contribution in [-0.4, -0.2) is 7.05 Å². The number of hydrogen-bond acceptors (Lipinski definition) is 2. The van der Waals surface area contributed by atoms with E-state index in [1.165, 1.54) is 6.07 Å². The summed E-state index contributed by atoms with van der Waals surface area (Å²) < 4.78 is 14.5. The fourth-order valence-electron chi connectivity index (χ4n) is 1.81. The van der Waals surface area contributed by atoms with Gasteiger partial charge in [-0.1, -0.05) is 28.1 Å². The van der Waals surface area contributed by atoms with Crippen LogP contribution in [0.15, 0.2) is 46.9 Å². The Morgan fingerprint density at radius 1 is 1.26 bits per heavy atom. The lowest BCUT2D eigenvalue weighted by molar-refractivity contribution is 0.607. The van der Waals surface area contributed by atoms with E-state index in [-0.39, 0.29) is 5.82 Å². The molecule has 0 atom stereocenters. The van der Waals surface area contributed by atoms with E-state index in [4.69, 9.17) is 5.26 Å². The zero-order valence-electron chi connectivity index (χ0n) is 10.4. The lowest BCUT2D eigenvalue weighted by atomic mass is 10.1. The van der Waals surface area contributed by atoms with Crippen molar-refractivity contribution in [2.75, 3.05) is 11.9 Å². The molecule has 0 radical (unpaired) electrons. The molecular weight excluding hydrogens is 307 g/mol. The van der Waals surface area contributed by atoms with Gasteiger partial charge in [0.1, 0.15) is 5.82 Å².